The fourth-order valence-corrected chi connectivity index (χ4v) is 3.34. The maximum absolute atomic E-state index is 9.97. The fraction of sp³-hybridized carbons (Fsp3) is 0.625. The maximum atomic E-state index is 9.97. The van der Waals surface area contributed by atoms with E-state index in [4.69, 9.17) is 0 Å². The van der Waals surface area contributed by atoms with Crippen LogP contribution in [0.25, 0.3) is 0 Å². The van der Waals surface area contributed by atoms with Crippen LogP contribution in [0.1, 0.15) is 38.4 Å². The van der Waals surface area contributed by atoms with E-state index in [1.165, 1.54) is 25.9 Å². The molecule has 1 saturated heterocycles. The van der Waals surface area contributed by atoms with Crippen molar-refractivity contribution in [3.8, 4) is 0 Å². The Balaban J connectivity index is 2.16. The van der Waals surface area contributed by atoms with Crippen molar-refractivity contribution < 1.29 is 5.11 Å². The number of halogens is 1. The van der Waals surface area contributed by atoms with E-state index >= 15 is 0 Å². The van der Waals surface area contributed by atoms with Crippen LogP contribution in [0.4, 0.5) is 5.69 Å². The molecule has 0 aromatic heterocycles. The molecule has 1 aliphatic rings. The molecule has 0 aliphatic carbocycles. The van der Waals surface area contributed by atoms with Crippen LogP contribution in [-0.4, -0.2) is 42.7 Å². The summed E-state index contributed by atoms with van der Waals surface area (Å²) < 4.78 is 1.06. The van der Waals surface area contributed by atoms with Crippen molar-refractivity contribution >= 4 is 21.6 Å². The summed E-state index contributed by atoms with van der Waals surface area (Å²) in [7, 11) is 2.15. The number of benzene rings is 1. The fourth-order valence-electron chi connectivity index (χ4n) is 3.00. The van der Waals surface area contributed by atoms with Gasteiger partial charge in [-0.1, -0.05) is 28.9 Å². The molecule has 1 aromatic rings. The Kier molecular flexibility index (Phi) is 5.47. The first-order valence-corrected chi connectivity index (χ1v) is 8.25. The zero-order valence-electron chi connectivity index (χ0n) is 12.6. The molecule has 0 amide bonds. The Labute approximate surface area is 130 Å². The first kappa shape index (κ1) is 15.8. The molecule has 0 bridgehead atoms. The largest absolute Gasteiger partial charge is 0.389 e. The summed E-state index contributed by atoms with van der Waals surface area (Å²) in [6.07, 6.45) is 1.95. The first-order chi connectivity index (χ1) is 9.52. The van der Waals surface area contributed by atoms with Gasteiger partial charge < -0.3 is 14.9 Å². The van der Waals surface area contributed by atoms with E-state index in [9.17, 15) is 5.11 Å². The highest BCUT2D eigenvalue weighted by atomic mass is 79.9. The van der Waals surface area contributed by atoms with Gasteiger partial charge in [-0.25, -0.2) is 0 Å². The molecule has 2 rings (SSSR count). The summed E-state index contributed by atoms with van der Waals surface area (Å²) in [4.78, 5) is 4.85. The molecule has 1 unspecified atom stereocenters. The van der Waals surface area contributed by atoms with Gasteiger partial charge in [0.05, 0.1) is 6.10 Å². The van der Waals surface area contributed by atoms with Crippen molar-refractivity contribution in [1.82, 2.24) is 4.90 Å². The second-order valence-electron chi connectivity index (χ2n) is 5.66. The number of anilines is 1. The van der Waals surface area contributed by atoms with Crippen molar-refractivity contribution in [1.29, 1.82) is 0 Å². The van der Waals surface area contributed by atoms with Gasteiger partial charge in [0.1, 0.15) is 0 Å². The third-order valence-corrected chi connectivity index (χ3v) is 4.87. The number of rotatable bonds is 4. The van der Waals surface area contributed by atoms with Crippen molar-refractivity contribution in [3.63, 3.8) is 0 Å². The molecule has 1 fully saturated rings. The Hall–Kier alpha value is -0.580. The molecule has 1 aromatic carbocycles. The summed E-state index contributed by atoms with van der Waals surface area (Å²) in [6, 6.07) is 6.69. The Morgan fingerprint density at radius 3 is 2.60 bits per heavy atom. The van der Waals surface area contributed by atoms with E-state index in [-0.39, 0.29) is 0 Å². The van der Waals surface area contributed by atoms with E-state index in [2.05, 4.69) is 45.8 Å². The normalized spacial score (nSPS) is 19.1. The van der Waals surface area contributed by atoms with Crippen LogP contribution in [0.5, 0.6) is 0 Å². The quantitative estimate of drug-likeness (QED) is 0.909. The molecule has 20 heavy (non-hydrogen) atoms. The van der Waals surface area contributed by atoms with Crippen molar-refractivity contribution in [2.45, 2.75) is 38.8 Å². The summed E-state index contributed by atoms with van der Waals surface area (Å²) in [5.41, 5.74) is 2.15. The summed E-state index contributed by atoms with van der Waals surface area (Å²) in [5, 5.41) is 9.97. The number of hydrogen-bond acceptors (Lipinski definition) is 3. The van der Waals surface area contributed by atoms with Crippen LogP contribution in [0.15, 0.2) is 22.7 Å². The van der Waals surface area contributed by atoms with Gasteiger partial charge in [0.25, 0.3) is 0 Å². The Morgan fingerprint density at radius 1 is 1.40 bits per heavy atom. The van der Waals surface area contributed by atoms with Gasteiger partial charge in [0.2, 0.25) is 0 Å². The van der Waals surface area contributed by atoms with Gasteiger partial charge in [0.15, 0.2) is 0 Å². The predicted molar refractivity (Wildman–Crippen MR) is 88.3 cm³/mol. The molecule has 1 N–H and O–H groups in total. The summed E-state index contributed by atoms with van der Waals surface area (Å²) in [6.45, 7) is 7.55. The van der Waals surface area contributed by atoms with Gasteiger partial charge in [-0.15, -0.1) is 0 Å². The van der Waals surface area contributed by atoms with Crippen molar-refractivity contribution in [2.75, 3.05) is 31.6 Å². The van der Waals surface area contributed by atoms with Gasteiger partial charge in [-0.3, -0.25) is 0 Å². The molecule has 1 heterocycles. The topological polar surface area (TPSA) is 26.7 Å². The number of aliphatic hydroxyl groups is 1. The Morgan fingerprint density at radius 2 is 2.05 bits per heavy atom. The van der Waals surface area contributed by atoms with E-state index < -0.39 is 6.10 Å². The van der Waals surface area contributed by atoms with Crippen molar-refractivity contribution in [3.05, 3.63) is 28.2 Å². The lowest BCUT2D eigenvalue weighted by atomic mass is 10.0. The van der Waals surface area contributed by atoms with Crippen LogP contribution in [0.2, 0.25) is 0 Å². The minimum atomic E-state index is -0.434. The lowest BCUT2D eigenvalue weighted by molar-refractivity contribution is 0.198. The van der Waals surface area contributed by atoms with E-state index in [0.29, 0.717) is 6.04 Å². The highest BCUT2D eigenvalue weighted by Gasteiger charge is 2.24. The molecule has 1 aliphatic heterocycles. The smallest absolute Gasteiger partial charge is 0.0782 e. The zero-order chi connectivity index (χ0) is 14.7. The molecule has 3 nitrogen and oxygen atoms in total. The van der Waals surface area contributed by atoms with E-state index in [1.54, 1.807) is 0 Å². The average Bonchev–Trinajstić information content (AvgIpc) is 2.46. The van der Waals surface area contributed by atoms with Gasteiger partial charge in [0, 0.05) is 41.9 Å². The highest BCUT2D eigenvalue weighted by Crippen LogP contribution is 2.32. The molecule has 112 valence electrons. The standard InChI is InChI=1S/C16H25BrN2O/c1-4-19-9-7-14(8-10-19)18(3)16-11-13(17)5-6-15(16)12(2)20/h5-6,11-12,14,20H,4,7-10H2,1-3H3. The number of nitrogens with zero attached hydrogens (tertiary/aromatic N) is 2. The van der Waals surface area contributed by atoms with E-state index in [1.807, 2.05) is 19.1 Å². The van der Waals surface area contributed by atoms with Crippen molar-refractivity contribution in [2.24, 2.45) is 0 Å². The molecular formula is C16H25BrN2O. The average molecular weight is 341 g/mol. The van der Waals surface area contributed by atoms with Gasteiger partial charge in [-0.05, 0) is 38.4 Å². The number of hydrogen-bond donors (Lipinski definition) is 1. The van der Waals surface area contributed by atoms with Crippen LogP contribution in [0, 0.1) is 0 Å². The third kappa shape index (κ3) is 3.54. The van der Waals surface area contributed by atoms with Gasteiger partial charge >= 0.3 is 0 Å². The van der Waals surface area contributed by atoms with E-state index in [0.717, 1.165) is 22.3 Å². The molecule has 1 atom stereocenters. The van der Waals surface area contributed by atoms with Crippen LogP contribution in [0.3, 0.4) is 0 Å². The molecule has 4 heteroatoms. The van der Waals surface area contributed by atoms with Crippen LogP contribution >= 0.6 is 15.9 Å². The first-order valence-electron chi connectivity index (χ1n) is 7.45. The lowest BCUT2D eigenvalue weighted by Crippen LogP contribution is -2.43. The molecule has 0 saturated carbocycles. The third-order valence-electron chi connectivity index (χ3n) is 4.37. The van der Waals surface area contributed by atoms with Gasteiger partial charge in [-0.2, -0.15) is 0 Å². The second-order valence-corrected chi connectivity index (χ2v) is 6.57. The van der Waals surface area contributed by atoms with Crippen LogP contribution < -0.4 is 4.90 Å². The molecule has 0 spiro atoms. The van der Waals surface area contributed by atoms with Crippen LogP contribution in [-0.2, 0) is 0 Å². The maximum Gasteiger partial charge on any atom is 0.0782 e. The minimum absolute atomic E-state index is 0.434. The summed E-state index contributed by atoms with van der Waals surface area (Å²) in [5.74, 6) is 0. The number of aliphatic hydroxyl groups excluding tert-OH is 1. The highest BCUT2D eigenvalue weighted by molar-refractivity contribution is 9.10. The molecular weight excluding hydrogens is 316 g/mol. The lowest BCUT2D eigenvalue weighted by Gasteiger charge is -2.38. The zero-order valence-corrected chi connectivity index (χ0v) is 14.2. The predicted octanol–water partition coefficient (Wildman–Crippen LogP) is 3.42. The second kappa shape index (κ2) is 6.92. The number of likely N-dealkylation sites (tertiary alicyclic amines) is 1. The minimum Gasteiger partial charge on any atom is -0.389 e. The molecule has 0 radical (unpaired) electrons. The Bertz CT molecular complexity index is 442. The summed E-state index contributed by atoms with van der Waals surface area (Å²) >= 11 is 3.54. The number of piperidine rings is 1. The monoisotopic (exact) mass is 340 g/mol. The SMILES string of the molecule is CCN1CCC(N(C)c2cc(Br)ccc2C(C)O)CC1.